The molecule has 5 nitrogen and oxygen atoms in total. The van der Waals surface area contributed by atoms with Crippen LogP contribution in [0.3, 0.4) is 0 Å². The lowest BCUT2D eigenvalue weighted by atomic mass is 10.1. The van der Waals surface area contributed by atoms with E-state index in [0.29, 0.717) is 11.6 Å². The minimum absolute atomic E-state index is 0.0300. The highest BCUT2D eigenvalue weighted by Crippen LogP contribution is 2.30. The molecule has 5 heteroatoms. The van der Waals surface area contributed by atoms with Crippen LogP contribution in [0.1, 0.15) is 48.9 Å². The van der Waals surface area contributed by atoms with Gasteiger partial charge >= 0.3 is 0 Å². The van der Waals surface area contributed by atoms with Crippen LogP contribution in [-0.4, -0.2) is 27.1 Å². The van der Waals surface area contributed by atoms with Crippen LogP contribution in [0.15, 0.2) is 36.5 Å². The summed E-state index contributed by atoms with van der Waals surface area (Å²) < 4.78 is 0. The van der Waals surface area contributed by atoms with E-state index in [1.54, 1.807) is 0 Å². The molecule has 0 atom stereocenters. The number of aromatic amines is 2. The van der Waals surface area contributed by atoms with E-state index in [-0.39, 0.29) is 5.91 Å². The molecule has 26 heavy (non-hydrogen) atoms. The zero-order valence-corrected chi connectivity index (χ0v) is 14.6. The summed E-state index contributed by atoms with van der Waals surface area (Å²) in [5.41, 5.74) is 3.59. The normalized spacial score (nSPS) is 16.3. The third kappa shape index (κ3) is 2.55. The fourth-order valence-electron chi connectivity index (χ4n) is 4.18. The fourth-order valence-corrected chi connectivity index (χ4v) is 4.18. The Bertz CT molecular complexity index is 1100. The van der Waals surface area contributed by atoms with Gasteiger partial charge < -0.3 is 10.4 Å². The Morgan fingerprint density at radius 1 is 1.04 bits per heavy atom. The standard InChI is InChI=1S/C21H22N4O/c26-21(23-15-5-3-1-2-4-6-15)13-8-10-18-17(11-13)16-9-7-14-12-22-25-19(14)20(16)24-18/h7-12,15,22,25H,1-6H2,(H,23,26). The van der Waals surface area contributed by atoms with Gasteiger partial charge in [-0.15, -0.1) is 0 Å². The van der Waals surface area contributed by atoms with Crippen molar-refractivity contribution in [3.8, 4) is 0 Å². The first kappa shape index (κ1) is 15.4. The van der Waals surface area contributed by atoms with Crippen molar-refractivity contribution in [1.29, 1.82) is 0 Å². The van der Waals surface area contributed by atoms with E-state index in [2.05, 4.69) is 27.6 Å². The Morgan fingerprint density at radius 3 is 2.73 bits per heavy atom. The monoisotopic (exact) mass is 346 g/mol. The molecule has 0 spiro atoms. The van der Waals surface area contributed by atoms with Gasteiger partial charge in [0.2, 0.25) is 0 Å². The predicted octanol–water partition coefficient (Wildman–Crippen LogP) is 4.65. The van der Waals surface area contributed by atoms with Crippen LogP contribution in [0.4, 0.5) is 0 Å². The van der Waals surface area contributed by atoms with E-state index in [1.807, 2.05) is 24.4 Å². The summed E-state index contributed by atoms with van der Waals surface area (Å²) in [5, 5.41) is 12.6. The van der Waals surface area contributed by atoms with Gasteiger partial charge in [0.15, 0.2) is 0 Å². The molecule has 1 saturated carbocycles. The molecule has 2 aromatic heterocycles. The number of amides is 1. The molecule has 2 aromatic carbocycles. The van der Waals surface area contributed by atoms with E-state index in [0.717, 1.165) is 45.6 Å². The highest BCUT2D eigenvalue weighted by atomic mass is 16.1. The summed E-state index contributed by atoms with van der Waals surface area (Å²) in [6.45, 7) is 0. The second-order valence-electron chi connectivity index (χ2n) is 7.35. The summed E-state index contributed by atoms with van der Waals surface area (Å²) in [6.07, 6.45) is 9.11. The molecular formula is C21H22N4O. The van der Waals surface area contributed by atoms with Gasteiger partial charge in [-0.1, -0.05) is 37.8 Å². The van der Waals surface area contributed by atoms with Crippen LogP contribution >= 0.6 is 0 Å². The van der Waals surface area contributed by atoms with Crippen LogP contribution in [-0.2, 0) is 0 Å². The van der Waals surface area contributed by atoms with Crippen molar-refractivity contribution in [2.75, 3.05) is 0 Å². The van der Waals surface area contributed by atoms with Crippen molar-refractivity contribution >= 4 is 38.6 Å². The Morgan fingerprint density at radius 2 is 1.88 bits per heavy atom. The summed E-state index contributed by atoms with van der Waals surface area (Å²) in [5.74, 6) is 0.0300. The molecule has 0 radical (unpaired) electrons. The molecule has 1 aliphatic carbocycles. The summed E-state index contributed by atoms with van der Waals surface area (Å²) in [7, 11) is 0. The van der Waals surface area contributed by atoms with Crippen LogP contribution in [0.25, 0.3) is 32.7 Å². The molecular weight excluding hydrogens is 324 g/mol. The molecule has 1 aliphatic rings. The Hall–Kier alpha value is -2.82. The van der Waals surface area contributed by atoms with Crippen LogP contribution < -0.4 is 5.32 Å². The average molecular weight is 346 g/mol. The van der Waals surface area contributed by atoms with E-state index < -0.39 is 0 Å². The van der Waals surface area contributed by atoms with E-state index >= 15 is 0 Å². The topological polar surface area (TPSA) is 73.6 Å². The second-order valence-corrected chi connectivity index (χ2v) is 7.35. The van der Waals surface area contributed by atoms with E-state index in [4.69, 9.17) is 4.98 Å². The number of benzene rings is 2. The number of nitrogens with one attached hydrogen (secondary N) is 3. The maximum absolute atomic E-state index is 12.8. The third-order valence-electron chi connectivity index (χ3n) is 5.61. The molecule has 0 unspecified atom stereocenters. The summed E-state index contributed by atoms with van der Waals surface area (Å²) in [6, 6.07) is 10.3. The molecule has 0 saturated heterocycles. The van der Waals surface area contributed by atoms with Crippen LogP contribution in [0.2, 0.25) is 0 Å². The molecule has 1 amide bonds. The first-order valence-corrected chi connectivity index (χ1v) is 9.48. The molecule has 4 aromatic rings. The van der Waals surface area contributed by atoms with Gasteiger partial charge in [0.05, 0.1) is 16.6 Å². The Balaban J connectivity index is 1.52. The molecule has 1 fully saturated rings. The lowest BCUT2D eigenvalue weighted by molar-refractivity contribution is 0.0933. The van der Waals surface area contributed by atoms with Gasteiger partial charge in [0.1, 0.15) is 0 Å². The molecule has 5 rings (SSSR count). The first-order chi connectivity index (χ1) is 12.8. The third-order valence-corrected chi connectivity index (χ3v) is 5.61. The molecule has 3 N–H and O–H groups in total. The highest BCUT2D eigenvalue weighted by Gasteiger charge is 2.17. The smallest absolute Gasteiger partial charge is 0.251 e. The van der Waals surface area contributed by atoms with E-state index in [1.165, 1.54) is 25.7 Å². The van der Waals surface area contributed by atoms with Gasteiger partial charge in [-0.2, -0.15) is 0 Å². The van der Waals surface area contributed by atoms with Gasteiger partial charge in [0.25, 0.3) is 5.91 Å². The zero-order valence-electron chi connectivity index (χ0n) is 14.6. The van der Waals surface area contributed by atoms with Gasteiger partial charge in [-0.05, 0) is 31.0 Å². The maximum Gasteiger partial charge on any atom is 0.251 e. The molecule has 132 valence electrons. The molecule has 0 aliphatic heterocycles. The second kappa shape index (κ2) is 6.16. The van der Waals surface area contributed by atoms with Gasteiger partial charge in [0, 0.05) is 34.0 Å². The molecule has 2 heterocycles. The number of fused-ring (bicyclic) bond motifs is 5. The lowest BCUT2D eigenvalue weighted by Crippen LogP contribution is -2.34. The molecule has 0 bridgehead atoms. The first-order valence-electron chi connectivity index (χ1n) is 9.48. The van der Waals surface area contributed by atoms with Crippen molar-refractivity contribution in [3.63, 3.8) is 0 Å². The number of H-pyrrole nitrogens is 2. The van der Waals surface area contributed by atoms with Crippen molar-refractivity contribution in [1.82, 2.24) is 20.5 Å². The van der Waals surface area contributed by atoms with Crippen LogP contribution in [0, 0.1) is 0 Å². The van der Waals surface area contributed by atoms with Crippen molar-refractivity contribution < 1.29 is 4.79 Å². The van der Waals surface area contributed by atoms with Gasteiger partial charge in [-0.3, -0.25) is 9.89 Å². The predicted molar refractivity (Wildman–Crippen MR) is 104 cm³/mol. The maximum atomic E-state index is 12.8. The number of nitrogens with zero attached hydrogens (tertiary/aromatic N) is 1. The average Bonchev–Trinajstić information content (AvgIpc) is 3.19. The number of carbonyl (C=O) groups excluding carboxylic acids is 1. The number of hydrogen-bond acceptors (Lipinski definition) is 2. The minimum atomic E-state index is 0.0300. The zero-order chi connectivity index (χ0) is 17.5. The van der Waals surface area contributed by atoms with Crippen molar-refractivity contribution in [2.45, 2.75) is 44.6 Å². The van der Waals surface area contributed by atoms with E-state index in [9.17, 15) is 4.79 Å². The Labute approximate surface area is 151 Å². The largest absolute Gasteiger partial charge is 0.349 e. The van der Waals surface area contributed by atoms with Crippen LogP contribution in [0.5, 0.6) is 0 Å². The Kier molecular flexibility index (Phi) is 3.66. The van der Waals surface area contributed by atoms with Crippen molar-refractivity contribution in [3.05, 3.63) is 42.1 Å². The number of carbonyl (C=O) groups is 1. The number of aromatic nitrogens is 3. The summed E-state index contributed by atoms with van der Waals surface area (Å²) in [4.78, 5) is 17.5. The quantitative estimate of drug-likeness (QED) is 0.462. The van der Waals surface area contributed by atoms with Crippen molar-refractivity contribution in [2.24, 2.45) is 0 Å². The number of rotatable bonds is 2. The number of hydrogen-bond donors (Lipinski definition) is 3. The lowest BCUT2D eigenvalue weighted by Gasteiger charge is -2.16. The SMILES string of the molecule is O=C(NC1CCCCCC1)c1ccc2nc3c(ccc4c[nH][nH]c43)c2c1. The summed E-state index contributed by atoms with van der Waals surface area (Å²) >= 11 is 0. The van der Waals surface area contributed by atoms with Gasteiger partial charge in [-0.25, -0.2) is 4.98 Å². The highest BCUT2D eigenvalue weighted by molar-refractivity contribution is 6.16. The minimum Gasteiger partial charge on any atom is -0.349 e. The fraction of sp³-hybridized carbons (Fsp3) is 0.333.